The van der Waals surface area contributed by atoms with Crippen LogP contribution in [-0.2, 0) is 6.54 Å². The van der Waals surface area contributed by atoms with Crippen molar-refractivity contribution < 1.29 is 9.47 Å². The third-order valence-corrected chi connectivity index (χ3v) is 4.35. The zero-order valence-corrected chi connectivity index (χ0v) is 14.0. The molecule has 0 bridgehead atoms. The van der Waals surface area contributed by atoms with Crippen LogP contribution in [-0.4, -0.2) is 26.3 Å². The molecule has 0 aliphatic carbocycles. The molecule has 0 fully saturated rings. The average Bonchev–Trinajstić information content (AvgIpc) is 2.90. The highest BCUT2D eigenvalue weighted by Crippen LogP contribution is 2.41. The quantitative estimate of drug-likeness (QED) is 0.884. The van der Waals surface area contributed by atoms with E-state index in [0.717, 1.165) is 34.3 Å². The third-order valence-electron chi connectivity index (χ3n) is 3.25. The summed E-state index contributed by atoms with van der Waals surface area (Å²) in [5.74, 6) is 1.86. The van der Waals surface area contributed by atoms with Gasteiger partial charge in [-0.05, 0) is 25.1 Å². The molecular weight excluding hydrogens is 284 g/mol. The third kappa shape index (κ3) is 3.19. The molecule has 0 aliphatic rings. The SMILES string of the molecule is CNCc1sc(-c2cccc(OC)c2OC)nc1C(C)C. The van der Waals surface area contributed by atoms with Crippen molar-refractivity contribution in [1.82, 2.24) is 10.3 Å². The van der Waals surface area contributed by atoms with E-state index < -0.39 is 0 Å². The van der Waals surface area contributed by atoms with E-state index in [4.69, 9.17) is 14.5 Å². The van der Waals surface area contributed by atoms with E-state index >= 15 is 0 Å². The van der Waals surface area contributed by atoms with Crippen LogP contribution >= 0.6 is 11.3 Å². The van der Waals surface area contributed by atoms with Gasteiger partial charge in [0.15, 0.2) is 11.5 Å². The van der Waals surface area contributed by atoms with Crippen molar-refractivity contribution in [3.63, 3.8) is 0 Å². The molecule has 5 heteroatoms. The fourth-order valence-electron chi connectivity index (χ4n) is 2.27. The maximum Gasteiger partial charge on any atom is 0.170 e. The summed E-state index contributed by atoms with van der Waals surface area (Å²) in [6.07, 6.45) is 0. The van der Waals surface area contributed by atoms with Gasteiger partial charge in [-0.15, -0.1) is 11.3 Å². The largest absolute Gasteiger partial charge is 0.493 e. The first-order valence-electron chi connectivity index (χ1n) is 6.97. The molecule has 0 aliphatic heterocycles. The normalized spacial score (nSPS) is 11.0. The number of hydrogen-bond donors (Lipinski definition) is 1. The fourth-order valence-corrected chi connectivity index (χ4v) is 3.52. The molecule has 1 N–H and O–H groups in total. The lowest BCUT2D eigenvalue weighted by Crippen LogP contribution is -2.06. The van der Waals surface area contributed by atoms with Gasteiger partial charge in [-0.25, -0.2) is 4.98 Å². The second-order valence-corrected chi connectivity index (χ2v) is 6.14. The number of aromatic nitrogens is 1. The van der Waals surface area contributed by atoms with E-state index in [-0.39, 0.29) is 0 Å². The number of rotatable bonds is 6. The summed E-state index contributed by atoms with van der Waals surface area (Å²) in [7, 11) is 5.26. The Labute approximate surface area is 130 Å². The minimum Gasteiger partial charge on any atom is -0.493 e. The van der Waals surface area contributed by atoms with Crippen LogP contribution < -0.4 is 14.8 Å². The van der Waals surface area contributed by atoms with Crippen LogP contribution in [0.3, 0.4) is 0 Å². The standard InChI is InChI=1S/C16H22N2O2S/c1-10(2)14-13(9-17-3)21-16(18-14)11-7-6-8-12(19-4)15(11)20-5/h6-8,10,17H,9H2,1-5H3. The smallest absolute Gasteiger partial charge is 0.170 e. The molecule has 2 aromatic rings. The number of hydrogen-bond acceptors (Lipinski definition) is 5. The van der Waals surface area contributed by atoms with Gasteiger partial charge < -0.3 is 14.8 Å². The summed E-state index contributed by atoms with van der Waals surface area (Å²) in [5, 5.41) is 4.18. The molecule has 21 heavy (non-hydrogen) atoms. The van der Waals surface area contributed by atoms with Crippen molar-refractivity contribution in [3.8, 4) is 22.1 Å². The molecular formula is C16H22N2O2S. The fraction of sp³-hybridized carbons (Fsp3) is 0.438. The molecule has 4 nitrogen and oxygen atoms in total. The molecule has 114 valence electrons. The first kappa shape index (κ1) is 15.8. The topological polar surface area (TPSA) is 43.4 Å². The highest BCUT2D eigenvalue weighted by Gasteiger charge is 2.19. The predicted octanol–water partition coefficient (Wildman–Crippen LogP) is 3.67. The van der Waals surface area contributed by atoms with Gasteiger partial charge in [-0.3, -0.25) is 0 Å². The number of thiazole rings is 1. The Morgan fingerprint density at radius 2 is 2.00 bits per heavy atom. The van der Waals surface area contributed by atoms with Crippen molar-refractivity contribution in [2.45, 2.75) is 26.3 Å². The van der Waals surface area contributed by atoms with Gasteiger partial charge in [0.1, 0.15) is 5.01 Å². The van der Waals surface area contributed by atoms with E-state index in [9.17, 15) is 0 Å². The molecule has 0 saturated heterocycles. The summed E-state index contributed by atoms with van der Waals surface area (Å²) in [6.45, 7) is 5.17. The Bertz CT molecular complexity index is 608. The van der Waals surface area contributed by atoms with Gasteiger partial charge in [0.2, 0.25) is 0 Å². The summed E-state index contributed by atoms with van der Waals surface area (Å²) in [5.41, 5.74) is 2.13. The number of ether oxygens (including phenoxy) is 2. The molecule has 0 saturated carbocycles. The van der Waals surface area contributed by atoms with Crippen molar-refractivity contribution in [2.75, 3.05) is 21.3 Å². The lowest BCUT2D eigenvalue weighted by Gasteiger charge is -2.10. The molecule has 1 aromatic carbocycles. The number of nitrogens with zero attached hydrogens (tertiary/aromatic N) is 1. The highest BCUT2D eigenvalue weighted by atomic mass is 32.1. The monoisotopic (exact) mass is 306 g/mol. The predicted molar refractivity (Wildman–Crippen MR) is 87.5 cm³/mol. The van der Waals surface area contributed by atoms with Gasteiger partial charge in [0.25, 0.3) is 0 Å². The Hall–Kier alpha value is -1.59. The number of para-hydroxylation sites is 1. The van der Waals surface area contributed by atoms with E-state index in [2.05, 4.69) is 19.2 Å². The first-order chi connectivity index (χ1) is 10.1. The van der Waals surface area contributed by atoms with Crippen molar-refractivity contribution in [3.05, 3.63) is 28.8 Å². The second-order valence-electron chi connectivity index (χ2n) is 5.05. The molecule has 0 spiro atoms. The minimum atomic E-state index is 0.398. The Morgan fingerprint density at radius 1 is 1.24 bits per heavy atom. The lowest BCUT2D eigenvalue weighted by molar-refractivity contribution is 0.356. The van der Waals surface area contributed by atoms with Crippen molar-refractivity contribution >= 4 is 11.3 Å². The van der Waals surface area contributed by atoms with Crippen LogP contribution in [0.4, 0.5) is 0 Å². The number of benzene rings is 1. The zero-order valence-electron chi connectivity index (χ0n) is 13.2. The van der Waals surface area contributed by atoms with Gasteiger partial charge in [0, 0.05) is 11.4 Å². The number of nitrogens with one attached hydrogen (secondary N) is 1. The average molecular weight is 306 g/mol. The molecule has 1 aromatic heterocycles. The van der Waals surface area contributed by atoms with Gasteiger partial charge in [0.05, 0.1) is 25.5 Å². The van der Waals surface area contributed by atoms with E-state index in [1.807, 2.05) is 25.2 Å². The maximum absolute atomic E-state index is 5.52. The number of methoxy groups -OCH3 is 2. The van der Waals surface area contributed by atoms with Crippen LogP contribution in [0.2, 0.25) is 0 Å². The Balaban J connectivity index is 2.54. The van der Waals surface area contributed by atoms with E-state index in [1.54, 1.807) is 25.6 Å². The summed E-state index contributed by atoms with van der Waals surface area (Å²) < 4.78 is 10.9. The molecule has 1 heterocycles. The van der Waals surface area contributed by atoms with Crippen LogP contribution in [0.15, 0.2) is 18.2 Å². The van der Waals surface area contributed by atoms with Crippen LogP contribution in [0.25, 0.3) is 10.6 Å². The lowest BCUT2D eigenvalue weighted by atomic mass is 10.1. The minimum absolute atomic E-state index is 0.398. The summed E-state index contributed by atoms with van der Waals surface area (Å²) in [6, 6.07) is 5.88. The van der Waals surface area contributed by atoms with E-state index in [0.29, 0.717) is 5.92 Å². The Kier molecular flexibility index (Phi) is 5.20. The van der Waals surface area contributed by atoms with Gasteiger partial charge >= 0.3 is 0 Å². The van der Waals surface area contributed by atoms with Crippen LogP contribution in [0.5, 0.6) is 11.5 Å². The first-order valence-corrected chi connectivity index (χ1v) is 7.79. The molecule has 0 unspecified atom stereocenters. The summed E-state index contributed by atoms with van der Waals surface area (Å²) >= 11 is 1.71. The second kappa shape index (κ2) is 6.91. The van der Waals surface area contributed by atoms with E-state index in [1.165, 1.54) is 4.88 Å². The Morgan fingerprint density at radius 3 is 2.57 bits per heavy atom. The zero-order chi connectivity index (χ0) is 15.4. The van der Waals surface area contributed by atoms with Crippen LogP contribution in [0.1, 0.15) is 30.3 Å². The van der Waals surface area contributed by atoms with Gasteiger partial charge in [-0.2, -0.15) is 0 Å². The highest BCUT2D eigenvalue weighted by molar-refractivity contribution is 7.15. The molecule has 0 atom stereocenters. The van der Waals surface area contributed by atoms with Crippen molar-refractivity contribution in [1.29, 1.82) is 0 Å². The van der Waals surface area contributed by atoms with Gasteiger partial charge in [-0.1, -0.05) is 19.9 Å². The molecule has 0 amide bonds. The van der Waals surface area contributed by atoms with Crippen LogP contribution in [0, 0.1) is 0 Å². The van der Waals surface area contributed by atoms with Crippen molar-refractivity contribution in [2.24, 2.45) is 0 Å². The molecule has 2 rings (SSSR count). The maximum atomic E-state index is 5.52. The summed E-state index contributed by atoms with van der Waals surface area (Å²) in [4.78, 5) is 6.10. The molecule has 0 radical (unpaired) electrons.